The molecule has 0 saturated carbocycles. The Morgan fingerprint density at radius 1 is 1.14 bits per heavy atom. The average Bonchev–Trinajstić information content (AvgIpc) is 3.01. The van der Waals surface area contributed by atoms with Crippen LogP contribution in [0.25, 0.3) is 0 Å². The summed E-state index contributed by atoms with van der Waals surface area (Å²) in [6.45, 7) is 0.629. The Bertz CT molecular complexity index is 632. The van der Waals surface area contributed by atoms with E-state index in [9.17, 15) is 13.2 Å². The van der Waals surface area contributed by atoms with Crippen LogP contribution < -0.4 is 10.6 Å². The Morgan fingerprint density at radius 2 is 1.82 bits per heavy atom. The van der Waals surface area contributed by atoms with Crippen LogP contribution in [-0.4, -0.2) is 44.5 Å². The summed E-state index contributed by atoms with van der Waals surface area (Å²) < 4.78 is 22.7. The van der Waals surface area contributed by atoms with Gasteiger partial charge in [0.15, 0.2) is 9.84 Å². The van der Waals surface area contributed by atoms with E-state index in [-0.39, 0.29) is 23.5 Å². The van der Waals surface area contributed by atoms with E-state index in [1.807, 2.05) is 0 Å². The van der Waals surface area contributed by atoms with Gasteiger partial charge in [0.2, 0.25) is 5.91 Å². The lowest BCUT2D eigenvalue weighted by molar-refractivity contribution is -0.121. The third-order valence-electron chi connectivity index (χ3n) is 4.43. The molecular formula is C16H22N2O3S. The fraction of sp³-hybridized carbons (Fsp3) is 0.562. The van der Waals surface area contributed by atoms with E-state index in [2.05, 4.69) is 34.9 Å². The summed E-state index contributed by atoms with van der Waals surface area (Å²) in [4.78, 5) is 11.9. The van der Waals surface area contributed by atoms with Gasteiger partial charge in [0.1, 0.15) is 0 Å². The number of benzene rings is 1. The second-order valence-electron chi connectivity index (χ2n) is 6.25. The van der Waals surface area contributed by atoms with E-state index >= 15 is 0 Å². The predicted octanol–water partition coefficient (Wildman–Crippen LogP) is 0.437. The number of rotatable bonds is 5. The first-order chi connectivity index (χ1) is 10.5. The van der Waals surface area contributed by atoms with Crippen molar-refractivity contribution in [2.45, 2.75) is 37.8 Å². The molecule has 1 amide bonds. The van der Waals surface area contributed by atoms with Gasteiger partial charge in [0.25, 0.3) is 0 Å². The predicted molar refractivity (Wildman–Crippen MR) is 85.5 cm³/mol. The number of fused-ring (bicyclic) bond motifs is 1. The molecule has 3 rings (SSSR count). The number of amides is 1. The minimum Gasteiger partial charge on any atom is -0.352 e. The molecule has 0 unspecified atom stereocenters. The molecule has 120 valence electrons. The van der Waals surface area contributed by atoms with Gasteiger partial charge in [-0.25, -0.2) is 8.42 Å². The normalized spacial score (nSPS) is 23.4. The zero-order valence-corrected chi connectivity index (χ0v) is 13.4. The van der Waals surface area contributed by atoms with Crippen LogP contribution in [0.1, 0.15) is 24.0 Å². The smallest absolute Gasteiger partial charge is 0.221 e. The summed E-state index contributed by atoms with van der Waals surface area (Å²) in [6, 6.07) is 8.63. The SMILES string of the molecule is O=C(CCNC1Cc2ccccc2C1)N[C@@H]1CCS(=O)(=O)C1. The van der Waals surface area contributed by atoms with Crippen molar-refractivity contribution < 1.29 is 13.2 Å². The number of hydrogen-bond acceptors (Lipinski definition) is 4. The highest BCUT2D eigenvalue weighted by molar-refractivity contribution is 7.91. The molecule has 0 spiro atoms. The van der Waals surface area contributed by atoms with Crippen LogP contribution in [0.3, 0.4) is 0 Å². The van der Waals surface area contributed by atoms with Crippen molar-refractivity contribution >= 4 is 15.7 Å². The molecule has 5 nitrogen and oxygen atoms in total. The molecule has 1 aliphatic carbocycles. The molecule has 1 aromatic rings. The van der Waals surface area contributed by atoms with E-state index < -0.39 is 9.84 Å². The molecule has 1 saturated heterocycles. The molecule has 0 aromatic heterocycles. The maximum absolute atomic E-state index is 11.9. The van der Waals surface area contributed by atoms with Crippen molar-refractivity contribution in [3.05, 3.63) is 35.4 Å². The monoisotopic (exact) mass is 322 g/mol. The average molecular weight is 322 g/mol. The maximum Gasteiger partial charge on any atom is 0.221 e. The van der Waals surface area contributed by atoms with E-state index in [1.165, 1.54) is 11.1 Å². The lowest BCUT2D eigenvalue weighted by Gasteiger charge is -2.13. The van der Waals surface area contributed by atoms with Crippen LogP contribution >= 0.6 is 0 Å². The van der Waals surface area contributed by atoms with Gasteiger partial charge in [-0.3, -0.25) is 4.79 Å². The van der Waals surface area contributed by atoms with Gasteiger partial charge < -0.3 is 10.6 Å². The number of carbonyl (C=O) groups excluding carboxylic acids is 1. The summed E-state index contributed by atoms with van der Waals surface area (Å²) >= 11 is 0. The first-order valence-electron chi connectivity index (χ1n) is 7.82. The first kappa shape index (κ1) is 15.5. The van der Waals surface area contributed by atoms with Crippen molar-refractivity contribution in [1.29, 1.82) is 0 Å². The van der Waals surface area contributed by atoms with E-state index in [0.29, 0.717) is 25.4 Å². The second-order valence-corrected chi connectivity index (χ2v) is 8.47. The third-order valence-corrected chi connectivity index (χ3v) is 6.20. The van der Waals surface area contributed by atoms with E-state index in [1.54, 1.807) is 0 Å². The Balaban J connectivity index is 1.37. The van der Waals surface area contributed by atoms with Crippen molar-refractivity contribution in [2.75, 3.05) is 18.1 Å². The number of hydrogen-bond donors (Lipinski definition) is 2. The molecule has 0 bridgehead atoms. The molecule has 1 aromatic carbocycles. The number of carbonyl (C=O) groups is 1. The van der Waals surface area contributed by atoms with Gasteiger partial charge in [-0.2, -0.15) is 0 Å². The molecule has 1 aliphatic heterocycles. The van der Waals surface area contributed by atoms with Gasteiger partial charge in [-0.05, 0) is 30.4 Å². The fourth-order valence-corrected chi connectivity index (χ4v) is 4.98. The minimum absolute atomic E-state index is 0.0647. The van der Waals surface area contributed by atoms with Crippen LogP contribution in [0.15, 0.2) is 24.3 Å². The summed E-state index contributed by atoms with van der Waals surface area (Å²) in [5.41, 5.74) is 2.78. The van der Waals surface area contributed by atoms with E-state index in [0.717, 1.165) is 12.8 Å². The highest BCUT2D eigenvalue weighted by Gasteiger charge is 2.28. The van der Waals surface area contributed by atoms with Gasteiger partial charge in [-0.15, -0.1) is 0 Å². The minimum atomic E-state index is -2.94. The number of nitrogens with one attached hydrogen (secondary N) is 2. The largest absolute Gasteiger partial charge is 0.352 e. The van der Waals surface area contributed by atoms with Gasteiger partial charge in [-0.1, -0.05) is 24.3 Å². The van der Waals surface area contributed by atoms with Crippen LogP contribution in [0.4, 0.5) is 0 Å². The highest BCUT2D eigenvalue weighted by atomic mass is 32.2. The highest BCUT2D eigenvalue weighted by Crippen LogP contribution is 2.21. The van der Waals surface area contributed by atoms with Crippen LogP contribution in [0.2, 0.25) is 0 Å². The van der Waals surface area contributed by atoms with Crippen molar-refractivity contribution in [3.8, 4) is 0 Å². The topological polar surface area (TPSA) is 75.3 Å². The van der Waals surface area contributed by atoms with Crippen molar-refractivity contribution in [3.63, 3.8) is 0 Å². The lowest BCUT2D eigenvalue weighted by Crippen LogP contribution is -2.38. The Kier molecular flexibility index (Phi) is 4.49. The zero-order chi connectivity index (χ0) is 15.6. The quantitative estimate of drug-likeness (QED) is 0.825. The van der Waals surface area contributed by atoms with Crippen molar-refractivity contribution in [2.24, 2.45) is 0 Å². The molecule has 22 heavy (non-hydrogen) atoms. The zero-order valence-electron chi connectivity index (χ0n) is 12.5. The van der Waals surface area contributed by atoms with Gasteiger partial charge in [0, 0.05) is 25.0 Å². The fourth-order valence-electron chi connectivity index (χ4n) is 3.30. The van der Waals surface area contributed by atoms with Crippen LogP contribution in [0.5, 0.6) is 0 Å². The number of sulfone groups is 1. The molecule has 1 atom stereocenters. The second kappa shape index (κ2) is 6.38. The summed E-state index contributed by atoms with van der Waals surface area (Å²) in [5.74, 6) is 0.214. The summed E-state index contributed by atoms with van der Waals surface area (Å²) in [7, 11) is -2.94. The Labute approximate surface area is 131 Å². The van der Waals surface area contributed by atoms with Gasteiger partial charge >= 0.3 is 0 Å². The summed E-state index contributed by atoms with van der Waals surface area (Å²) in [5, 5.41) is 6.24. The molecule has 1 fully saturated rings. The first-order valence-corrected chi connectivity index (χ1v) is 9.64. The van der Waals surface area contributed by atoms with Gasteiger partial charge in [0.05, 0.1) is 11.5 Å². The van der Waals surface area contributed by atoms with Crippen LogP contribution in [-0.2, 0) is 27.5 Å². The van der Waals surface area contributed by atoms with Crippen molar-refractivity contribution in [1.82, 2.24) is 10.6 Å². The lowest BCUT2D eigenvalue weighted by atomic mass is 10.1. The Hall–Kier alpha value is -1.40. The standard InChI is InChI=1S/C16H22N2O3S/c19-16(18-14-6-8-22(20,21)11-14)5-7-17-15-9-12-3-1-2-4-13(12)10-15/h1-4,14-15,17H,5-11H2,(H,18,19)/t14-/m1/s1. The molecule has 0 radical (unpaired) electrons. The molecular weight excluding hydrogens is 300 g/mol. The molecule has 1 heterocycles. The Morgan fingerprint density at radius 3 is 2.41 bits per heavy atom. The van der Waals surface area contributed by atoms with Crippen LogP contribution in [0, 0.1) is 0 Å². The maximum atomic E-state index is 11.9. The van der Waals surface area contributed by atoms with E-state index in [4.69, 9.17) is 0 Å². The third kappa shape index (κ3) is 3.87. The molecule has 2 N–H and O–H groups in total. The molecule has 2 aliphatic rings. The summed E-state index contributed by atoms with van der Waals surface area (Å²) in [6.07, 6.45) is 2.96. The molecule has 6 heteroatoms.